The molecule has 0 amide bonds. The Morgan fingerprint density at radius 3 is 2.51 bits per heavy atom. The minimum atomic E-state index is -4.29. The number of rotatable bonds is 5. The summed E-state index contributed by atoms with van der Waals surface area (Å²) in [7, 11) is -2.52. The van der Waals surface area contributed by atoms with E-state index < -0.39 is 61.7 Å². The van der Waals surface area contributed by atoms with Crippen molar-refractivity contribution >= 4 is 44.3 Å². The van der Waals surface area contributed by atoms with E-state index in [4.69, 9.17) is 31.8 Å². The molecule has 0 aliphatic carbocycles. The highest BCUT2D eigenvalue weighted by Gasteiger charge is 2.37. The van der Waals surface area contributed by atoms with Crippen molar-refractivity contribution in [3.8, 4) is 28.6 Å². The lowest BCUT2D eigenvalue weighted by Crippen LogP contribution is -2.32. The van der Waals surface area contributed by atoms with E-state index in [0.29, 0.717) is 19.2 Å². The molecule has 35 heavy (non-hydrogen) atoms. The lowest BCUT2D eigenvalue weighted by atomic mass is 9.89. The maximum Gasteiger partial charge on any atom is 0.306 e. The van der Waals surface area contributed by atoms with Gasteiger partial charge in [-0.3, -0.25) is 4.79 Å². The first-order valence-corrected chi connectivity index (χ1v) is 12.8. The molecule has 3 aromatic rings. The summed E-state index contributed by atoms with van der Waals surface area (Å²) in [4.78, 5) is 15.3. The molecule has 1 fully saturated rings. The number of aliphatic hydroxyl groups is 1. The van der Waals surface area contributed by atoms with Gasteiger partial charge in [-0.1, -0.05) is 23.2 Å². The van der Waals surface area contributed by atoms with Crippen molar-refractivity contribution in [3.63, 3.8) is 0 Å². The first kappa shape index (κ1) is 25.5. The summed E-state index contributed by atoms with van der Waals surface area (Å²) < 4.78 is 49.0. The summed E-state index contributed by atoms with van der Waals surface area (Å²) in [6.45, 7) is 0.280. The van der Waals surface area contributed by atoms with Crippen molar-refractivity contribution in [2.75, 3.05) is 26.5 Å². The van der Waals surface area contributed by atoms with Gasteiger partial charge in [0.2, 0.25) is 11.2 Å². The molecule has 13 heteroatoms. The van der Waals surface area contributed by atoms with Crippen molar-refractivity contribution in [3.05, 3.63) is 49.8 Å². The number of hydrogen-bond donors (Lipinski definition) is 3. The Morgan fingerprint density at radius 2 is 1.89 bits per heavy atom. The van der Waals surface area contributed by atoms with Crippen molar-refractivity contribution in [1.82, 2.24) is 4.90 Å². The molecule has 3 N–H and O–H groups in total. The zero-order chi connectivity index (χ0) is 25.8. The van der Waals surface area contributed by atoms with Crippen molar-refractivity contribution in [2.45, 2.75) is 18.4 Å². The smallest absolute Gasteiger partial charge is 0.306 e. The third-order valence-electron chi connectivity index (χ3n) is 5.99. The fraction of sp³-hybridized carbons (Fsp3) is 0.318. The van der Waals surface area contributed by atoms with Crippen LogP contribution in [-0.4, -0.2) is 61.1 Å². The van der Waals surface area contributed by atoms with E-state index >= 15 is 0 Å². The largest absolute Gasteiger partial charge is 0.507 e. The van der Waals surface area contributed by atoms with Crippen LogP contribution in [0.4, 0.5) is 4.39 Å². The number of phenolic OH excluding ortho intramolecular Hbond substituents is 2. The van der Waals surface area contributed by atoms with Crippen LogP contribution in [-0.2, 0) is 10.1 Å². The molecule has 0 bridgehead atoms. The topological polar surface area (TPSA) is 138 Å². The lowest BCUT2D eigenvalue weighted by molar-refractivity contribution is 0.172. The summed E-state index contributed by atoms with van der Waals surface area (Å²) in [6.07, 6.45) is 1.15. The van der Waals surface area contributed by atoms with Gasteiger partial charge < -0.3 is 28.8 Å². The predicted octanol–water partition coefficient (Wildman–Crippen LogP) is 3.44. The van der Waals surface area contributed by atoms with Gasteiger partial charge in [0.05, 0.1) is 22.9 Å². The van der Waals surface area contributed by atoms with Crippen LogP contribution in [0.25, 0.3) is 22.3 Å². The number of hydrogen-bond acceptors (Lipinski definition) is 9. The summed E-state index contributed by atoms with van der Waals surface area (Å²) in [5.41, 5.74) is -1.52. The third kappa shape index (κ3) is 4.54. The van der Waals surface area contributed by atoms with E-state index in [1.807, 2.05) is 4.90 Å². The second kappa shape index (κ2) is 9.14. The van der Waals surface area contributed by atoms with Crippen molar-refractivity contribution in [1.29, 1.82) is 0 Å². The van der Waals surface area contributed by atoms with Crippen molar-refractivity contribution < 1.29 is 36.7 Å². The molecule has 2 atom stereocenters. The maximum absolute atomic E-state index is 14.3. The molecular weight excluding hydrogens is 528 g/mol. The number of fused-ring (bicyclic) bond motifs is 1. The zero-order valence-corrected chi connectivity index (χ0v) is 20.7. The number of nitrogens with zero attached hydrogens (tertiary/aromatic N) is 1. The number of benzene rings is 2. The number of aromatic hydroxyl groups is 2. The van der Waals surface area contributed by atoms with Crippen LogP contribution >= 0.6 is 23.2 Å². The van der Waals surface area contributed by atoms with Gasteiger partial charge in [0.1, 0.15) is 28.3 Å². The zero-order valence-electron chi connectivity index (χ0n) is 18.4. The predicted molar refractivity (Wildman–Crippen MR) is 128 cm³/mol. The Kier molecular flexibility index (Phi) is 6.66. The average Bonchev–Trinajstić information content (AvgIpc) is 3.11. The molecule has 0 radical (unpaired) electrons. The molecule has 9 nitrogen and oxygen atoms in total. The van der Waals surface area contributed by atoms with E-state index in [1.54, 1.807) is 7.05 Å². The van der Waals surface area contributed by atoms with Gasteiger partial charge in [0, 0.05) is 29.2 Å². The number of phenols is 2. The molecule has 4 rings (SSSR count). The normalized spacial score (nSPS) is 18.9. The van der Waals surface area contributed by atoms with Gasteiger partial charge in [-0.05, 0) is 32.1 Å². The van der Waals surface area contributed by atoms with E-state index in [2.05, 4.69) is 0 Å². The van der Waals surface area contributed by atoms with Gasteiger partial charge >= 0.3 is 10.1 Å². The molecule has 1 aromatic heterocycles. The molecule has 0 spiro atoms. The second-order valence-corrected chi connectivity index (χ2v) is 10.7. The SMILES string of the molecule is CN1CCC(c2c(O)cc(O)c3c(=O)c(OS(C)(=O)=O)c(-c4cc(F)c(Cl)cc4Cl)oc23)C1CO. The molecule has 2 aromatic carbocycles. The van der Waals surface area contributed by atoms with Crippen LogP contribution in [0.15, 0.2) is 27.4 Å². The maximum atomic E-state index is 14.3. The van der Waals surface area contributed by atoms with Crippen LogP contribution in [0.3, 0.4) is 0 Å². The minimum Gasteiger partial charge on any atom is -0.507 e. The number of likely N-dealkylation sites (tertiary alicyclic amines) is 1. The Morgan fingerprint density at radius 1 is 1.20 bits per heavy atom. The number of likely N-dealkylation sites (N-methyl/N-ethyl adjacent to an activating group) is 1. The van der Waals surface area contributed by atoms with Crippen LogP contribution in [0, 0.1) is 5.82 Å². The van der Waals surface area contributed by atoms with E-state index in [0.717, 1.165) is 18.2 Å². The molecule has 0 saturated carbocycles. The van der Waals surface area contributed by atoms with Crippen LogP contribution in [0.2, 0.25) is 10.0 Å². The molecule has 1 saturated heterocycles. The fourth-order valence-electron chi connectivity index (χ4n) is 4.41. The highest BCUT2D eigenvalue weighted by Crippen LogP contribution is 2.46. The Bertz CT molecular complexity index is 1510. The van der Waals surface area contributed by atoms with Gasteiger partial charge in [0.15, 0.2) is 5.76 Å². The first-order chi connectivity index (χ1) is 16.3. The number of aliphatic hydroxyl groups excluding tert-OH is 1. The Balaban J connectivity index is 2.15. The van der Waals surface area contributed by atoms with Crippen molar-refractivity contribution in [2.24, 2.45) is 0 Å². The monoisotopic (exact) mass is 547 g/mol. The summed E-state index contributed by atoms with van der Waals surface area (Å²) >= 11 is 12.0. The van der Waals surface area contributed by atoms with Crippen LogP contribution in [0.1, 0.15) is 17.9 Å². The molecular formula is C22H20Cl2FNO8S. The van der Waals surface area contributed by atoms with E-state index in [1.165, 1.54) is 0 Å². The Labute approximate surface area is 209 Å². The summed E-state index contributed by atoms with van der Waals surface area (Å²) in [5.74, 6) is -3.98. The standard InChI is InChI=1S/C22H20Cl2FNO8S/c1-26-4-3-9(14(26)8-27)17-15(28)7-16(29)18-19(30)22(34-35(2,31)32)20(33-21(17)18)10-5-13(25)12(24)6-11(10)23/h5-7,9,14,27-29H,3-4,8H2,1-2H3. The third-order valence-corrected chi connectivity index (χ3v) is 7.06. The highest BCUT2D eigenvalue weighted by atomic mass is 35.5. The molecule has 1 aliphatic heterocycles. The molecule has 2 heterocycles. The molecule has 2 unspecified atom stereocenters. The van der Waals surface area contributed by atoms with Gasteiger partial charge in [0.25, 0.3) is 0 Å². The van der Waals surface area contributed by atoms with Gasteiger partial charge in [-0.25, -0.2) is 4.39 Å². The van der Waals surface area contributed by atoms with Crippen LogP contribution < -0.4 is 9.61 Å². The first-order valence-electron chi connectivity index (χ1n) is 10.2. The fourth-order valence-corrected chi connectivity index (χ4v) is 5.33. The number of halogens is 3. The van der Waals surface area contributed by atoms with E-state index in [-0.39, 0.29) is 33.4 Å². The second-order valence-electron chi connectivity index (χ2n) is 8.28. The van der Waals surface area contributed by atoms with Gasteiger partial charge in [-0.2, -0.15) is 8.42 Å². The molecule has 1 aliphatic rings. The average molecular weight is 548 g/mol. The highest BCUT2D eigenvalue weighted by molar-refractivity contribution is 7.86. The van der Waals surface area contributed by atoms with Gasteiger partial charge in [-0.15, -0.1) is 0 Å². The lowest BCUT2D eigenvalue weighted by Gasteiger charge is -2.24. The summed E-state index contributed by atoms with van der Waals surface area (Å²) in [5, 5.41) is 30.2. The summed E-state index contributed by atoms with van der Waals surface area (Å²) in [6, 6.07) is 2.36. The minimum absolute atomic E-state index is 0.107. The molecule has 188 valence electrons. The van der Waals surface area contributed by atoms with Crippen LogP contribution in [0.5, 0.6) is 17.2 Å². The van der Waals surface area contributed by atoms with E-state index in [9.17, 15) is 32.9 Å². The Hall–Kier alpha value is -2.57. The quantitative estimate of drug-likeness (QED) is 0.324.